The van der Waals surface area contributed by atoms with Gasteiger partial charge in [0.2, 0.25) is 5.91 Å². The second-order valence-electron chi connectivity index (χ2n) is 5.19. The zero-order chi connectivity index (χ0) is 14.4. The van der Waals surface area contributed by atoms with Crippen LogP contribution in [-0.2, 0) is 4.79 Å². The van der Waals surface area contributed by atoms with Crippen LogP contribution in [0.25, 0.3) is 0 Å². The summed E-state index contributed by atoms with van der Waals surface area (Å²) in [7, 11) is 0. The summed E-state index contributed by atoms with van der Waals surface area (Å²) >= 11 is 0. The Hall–Kier alpha value is -2.04. The number of amides is 3. The van der Waals surface area contributed by atoms with E-state index in [0.717, 1.165) is 18.5 Å². The molecule has 1 fully saturated rings. The molecule has 1 saturated carbocycles. The van der Waals surface area contributed by atoms with Crippen molar-refractivity contribution in [3.63, 3.8) is 0 Å². The van der Waals surface area contributed by atoms with Crippen molar-refractivity contribution >= 4 is 23.3 Å². The van der Waals surface area contributed by atoms with Crippen molar-refractivity contribution in [1.29, 1.82) is 0 Å². The molecule has 1 aliphatic rings. The van der Waals surface area contributed by atoms with E-state index in [0.29, 0.717) is 11.7 Å². The Bertz CT molecular complexity index is 465. The second kappa shape index (κ2) is 6.93. The Kier molecular flexibility index (Phi) is 4.98. The molecular formula is C15H21N3O2. The fourth-order valence-electron chi connectivity index (χ4n) is 2.44. The maximum absolute atomic E-state index is 11.9. The zero-order valence-electron chi connectivity index (χ0n) is 11.7. The Morgan fingerprint density at radius 1 is 0.950 bits per heavy atom. The maximum atomic E-state index is 11.9. The minimum absolute atomic E-state index is 0.110. The van der Waals surface area contributed by atoms with Crippen LogP contribution in [0.5, 0.6) is 0 Å². The van der Waals surface area contributed by atoms with E-state index in [1.165, 1.54) is 26.2 Å². The van der Waals surface area contributed by atoms with Gasteiger partial charge in [-0.1, -0.05) is 19.3 Å². The van der Waals surface area contributed by atoms with Crippen LogP contribution >= 0.6 is 0 Å². The van der Waals surface area contributed by atoms with Gasteiger partial charge in [-0.15, -0.1) is 0 Å². The molecule has 3 N–H and O–H groups in total. The predicted molar refractivity (Wildman–Crippen MR) is 79.8 cm³/mol. The minimum atomic E-state index is -0.163. The molecule has 0 atom stereocenters. The molecule has 108 valence electrons. The monoisotopic (exact) mass is 275 g/mol. The van der Waals surface area contributed by atoms with Crippen molar-refractivity contribution in [2.75, 3.05) is 10.6 Å². The van der Waals surface area contributed by atoms with E-state index in [-0.39, 0.29) is 11.9 Å². The first-order valence-electron chi connectivity index (χ1n) is 7.08. The van der Waals surface area contributed by atoms with Crippen molar-refractivity contribution in [1.82, 2.24) is 5.32 Å². The molecule has 0 unspecified atom stereocenters. The number of benzene rings is 1. The van der Waals surface area contributed by atoms with Gasteiger partial charge in [-0.2, -0.15) is 0 Å². The summed E-state index contributed by atoms with van der Waals surface area (Å²) < 4.78 is 0. The molecule has 1 aliphatic carbocycles. The Balaban J connectivity index is 1.82. The van der Waals surface area contributed by atoms with Gasteiger partial charge in [0.25, 0.3) is 0 Å². The molecule has 2 rings (SSSR count). The molecule has 0 spiro atoms. The number of carbonyl (C=O) groups excluding carboxylic acids is 2. The number of nitrogens with one attached hydrogen (secondary N) is 3. The summed E-state index contributed by atoms with van der Waals surface area (Å²) in [4.78, 5) is 22.8. The lowest BCUT2D eigenvalue weighted by molar-refractivity contribution is -0.114. The maximum Gasteiger partial charge on any atom is 0.319 e. The molecular weight excluding hydrogens is 254 g/mol. The van der Waals surface area contributed by atoms with Crippen molar-refractivity contribution in [2.45, 2.75) is 45.1 Å². The van der Waals surface area contributed by atoms with Crippen molar-refractivity contribution < 1.29 is 9.59 Å². The van der Waals surface area contributed by atoms with E-state index in [9.17, 15) is 9.59 Å². The SMILES string of the molecule is CC(=O)Nc1ccc(NC(=O)NC2CCCCC2)cc1. The number of hydrogen-bond acceptors (Lipinski definition) is 2. The molecule has 0 aromatic heterocycles. The van der Waals surface area contributed by atoms with Crippen LogP contribution in [0.3, 0.4) is 0 Å². The third-order valence-electron chi connectivity index (χ3n) is 3.40. The Morgan fingerprint density at radius 2 is 1.50 bits per heavy atom. The van der Waals surface area contributed by atoms with Crippen LogP contribution in [0.1, 0.15) is 39.0 Å². The van der Waals surface area contributed by atoms with Crippen molar-refractivity contribution in [3.05, 3.63) is 24.3 Å². The molecule has 5 heteroatoms. The van der Waals surface area contributed by atoms with Gasteiger partial charge in [0.15, 0.2) is 0 Å². The van der Waals surface area contributed by atoms with Gasteiger partial charge in [-0.05, 0) is 37.1 Å². The first kappa shape index (κ1) is 14.4. The van der Waals surface area contributed by atoms with Crippen molar-refractivity contribution in [3.8, 4) is 0 Å². The number of hydrogen-bond donors (Lipinski definition) is 3. The molecule has 0 aliphatic heterocycles. The fourth-order valence-corrected chi connectivity index (χ4v) is 2.44. The van der Waals surface area contributed by atoms with Gasteiger partial charge < -0.3 is 16.0 Å². The minimum Gasteiger partial charge on any atom is -0.335 e. The highest BCUT2D eigenvalue weighted by molar-refractivity contribution is 5.91. The lowest BCUT2D eigenvalue weighted by Gasteiger charge is -2.22. The highest BCUT2D eigenvalue weighted by atomic mass is 16.2. The van der Waals surface area contributed by atoms with Crippen LogP contribution in [0, 0.1) is 0 Å². The Morgan fingerprint density at radius 3 is 2.05 bits per heavy atom. The standard InChI is InChI=1S/C15H21N3O2/c1-11(19)16-13-7-9-14(10-8-13)18-15(20)17-12-5-3-2-4-6-12/h7-10,12H,2-6H2,1H3,(H,16,19)(H2,17,18,20). The summed E-state index contributed by atoms with van der Waals surface area (Å²) in [6, 6.07) is 7.19. The van der Waals surface area contributed by atoms with Gasteiger partial charge >= 0.3 is 6.03 Å². The quantitative estimate of drug-likeness (QED) is 0.793. The highest BCUT2D eigenvalue weighted by Crippen LogP contribution is 2.18. The summed E-state index contributed by atoms with van der Waals surface area (Å²) in [5.74, 6) is -0.110. The molecule has 1 aromatic rings. The molecule has 0 bridgehead atoms. The first-order chi connectivity index (χ1) is 9.63. The molecule has 20 heavy (non-hydrogen) atoms. The predicted octanol–water partition coefficient (Wildman–Crippen LogP) is 3.10. The number of urea groups is 1. The molecule has 0 saturated heterocycles. The summed E-state index contributed by atoms with van der Waals surface area (Å²) in [5, 5.41) is 8.49. The molecule has 3 amide bonds. The van der Waals surface area contributed by atoms with Gasteiger partial charge in [-0.3, -0.25) is 4.79 Å². The second-order valence-corrected chi connectivity index (χ2v) is 5.19. The van der Waals surface area contributed by atoms with E-state index in [4.69, 9.17) is 0 Å². The smallest absolute Gasteiger partial charge is 0.319 e. The lowest BCUT2D eigenvalue weighted by Crippen LogP contribution is -2.38. The van der Waals surface area contributed by atoms with Crippen LogP contribution in [0.15, 0.2) is 24.3 Å². The van der Waals surface area contributed by atoms with Crippen LogP contribution in [0.2, 0.25) is 0 Å². The van der Waals surface area contributed by atoms with Crippen LogP contribution in [0.4, 0.5) is 16.2 Å². The normalized spacial score (nSPS) is 15.4. The van der Waals surface area contributed by atoms with Crippen LogP contribution in [-0.4, -0.2) is 18.0 Å². The van der Waals surface area contributed by atoms with Crippen LogP contribution < -0.4 is 16.0 Å². The average Bonchev–Trinajstić information content (AvgIpc) is 2.41. The van der Waals surface area contributed by atoms with E-state index >= 15 is 0 Å². The molecule has 0 heterocycles. The first-order valence-corrected chi connectivity index (χ1v) is 7.08. The number of carbonyl (C=O) groups is 2. The average molecular weight is 275 g/mol. The Labute approximate surface area is 119 Å². The zero-order valence-corrected chi connectivity index (χ0v) is 11.7. The van der Waals surface area contributed by atoms with E-state index in [1.807, 2.05) is 0 Å². The van der Waals surface area contributed by atoms with Gasteiger partial charge in [0, 0.05) is 24.3 Å². The number of rotatable bonds is 3. The largest absolute Gasteiger partial charge is 0.335 e. The third kappa shape index (κ3) is 4.57. The fraction of sp³-hybridized carbons (Fsp3) is 0.467. The van der Waals surface area contributed by atoms with E-state index < -0.39 is 0 Å². The summed E-state index contributed by atoms with van der Waals surface area (Å²) in [6.45, 7) is 1.46. The van der Waals surface area contributed by atoms with Gasteiger partial charge in [-0.25, -0.2) is 4.79 Å². The van der Waals surface area contributed by atoms with Gasteiger partial charge in [0.1, 0.15) is 0 Å². The molecule has 0 radical (unpaired) electrons. The van der Waals surface area contributed by atoms with E-state index in [1.54, 1.807) is 24.3 Å². The summed E-state index contributed by atoms with van der Waals surface area (Å²) in [5.41, 5.74) is 1.43. The third-order valence-corrected chi connectivity index (χ3v) is 3.40. The van der Waals surface area contributed by atoms with Crippen molar-refractivity contribution in [2.24, 2.45) is 0 Å². The van der Waals surface area contributed by atoms with E-state index in [2.05, 4.69) is 16.0 Å². The lowest BCUT2D eigenvalue weighted by atomic mass is 9.96. The molecule has 1 aromatic carbocycles. The summed E-state index contributed by atoms with van der Waals surface area (Å²) in [6.07, 6.45) is 5.78. The number of anilines is 2. The topological polar surface area (TPSA) is 70.2 Å². The molecule has 5 nitrogen and oxygen atoms in total. The highest BCUT2D eigenvalue weighted by Gasteiger charge is 2.15. The van der Waals surface area contributed by atoms with Gasteiger partial charge in [0.05, 0.1) is 0 Å².